The molecule has 1 aliphatic rings. The number of aromatic nitrogens is 5. The molecule has 1 N–H and O–H groups in total. The molecule has 4 aromatic heterocycles. The Morgan fingerprint density at radius 3 is 2.82 bits per heavy atom. The topological polar surface area (TPSA) is 99.3 Å². The van der Waals surface area contributed by atoms with Crippen LogP contribution in [-0.2, 0) is 17.8 Å². The predicted octanol–water partition coefficient (Wildman–Crippen LogP) is 3.22. The van der Waals surface area contributed by atoms with Gasteiger partial charge in [-0.1, -0.05) is 0 Å². The van der Waals surface area contributed by atoms with E-state index in [2.05, 4.69) is 25.3 Å². The molecule has 200 valence electrons. The molecule has 6 rings (SSSR count). The summed E-state index contributed by atoms with van der Waals surface area (Å²) >= 11 is 0. The van der Waals surface area contributed by atoms with Crippen molar-refractivity contribution in [1.29, 1.82) is 0 Å². The van der Waals surface area contributed by atoms with Crippen LogP contribution in [0.25, 0.3) is 27.8 Å². The molecule has 0 unspecified atom stereocenters. The largest absolute Gasteiger partial charge is 0.495 e. The number of halogens is 1. The third-order valence-electron chi connectivity index (χ3n) is 6.87. The van der Waals surface area contributed by atoms with Crippen LogP contribution in [0.1, 0.15) is 5.56 Å². The number of fused-ring (bicyclic) bond motifs is 2. The lowest BCUT2D eigenvalue weighted by Crippen LogP contribution is -2.35. The Labute approximate surface area is 223 Å². The van der Waals surface area contributed by atoms with Crippen LogP contribution in [0.3, 0.4) is 0 Å². The van der Waals surface area contributed by atoms with Crippen LogP contribution in [0.4, 0.5) is 10.1 Å². The molecule has 39 heavy (non-hydrogen) atoms. The van der Waals surface area contributed by atoms with Crippen molar-refractivity contribution in [2.45, 2.75) is 13.1 Å². The van der Waals surface area contributed by atoms with Crippen molar-refractivity contribution in [2.75, 3.05) is 45.3 Å². The van der Waals surface area contributed by atoms with Gasteiger partial charge in [0.15, 0.2) is 5.82 Å². The van der Waals surface area contributed by atoms with E-state index in [9.17, 15) is 9.18 Å². The van der Waals surface area contributed by atoms with Crippen molar-refractivity contribution in [3.05, 3.63) is 82.8 Å². The zero-order chi connectivity index (χ0) is 26.8. The molecule has 0 bridgehead atoms. The number of nitrogens with zero attached hydrogens (tertiary/aromatic N) is 6. The highest BCUT2D eigenvalue weighted by molar-refractivity contribution is 5.88. The van der Waals surface area contributed by atoms with E-state index < -0.39 is 0 Å². The molecule has 5 heterocycles. The normalized spacial score (nSPS) is 14.2. The summed E-state index contributed by atoms with van der Waals surface area (Å²) in [5.74, 6) is 0.847. The third kappa shape index (κ3) is 5.18. The lowest BCUT2D eigenvalue weighted by molar-refractivity contribution is 0.0343. The number of benzene rings is 1. The Balaban J connectivity index is 1.25. The maximum Gasteiger partial charge on any atom is 0.266 e. The van der Waals surface area contributed by atoms with Crippen molar-refractivity contribution < 1.29 is 13.9 Å². The average Bonchev–Trinajstić information content (AvgIpc) is 3.31. The standard InChI is InChI=1S/C28H28FN7O3/c1-38-21-15-24-28(32-16-21)23(6-7-30-24)31-8-9-36-27(37)5-4-26(33-36)35-18-19(17-34-10-12-39-13-11-34)22-3-2-20(29)14-25(22)35/h2-7,14-16,18H,8-13,17H2,1H3,(H,30,31). The van der Waals surface area contributed by atoms with Gasteiger partial charge in [0.25, 0.3) is 5.56 Å². The number of methoxy groups -OCH3 is 1. The number of ether oxygens (including phenoxy) is 2. The number of hydrogen-bond donors (Lipinski definition) is 1. The molecule has 1 aliphatic heterocycles. The van der Waals surface area contributed by atoms with Gasteiger partial charge in [0.05, 0.1) is 49.8 Å². The van der Waals surface area contributed by atoms with Gasteiger partial charge in [-0.25, -0.2) is 14.1 Å². The first-order chi connectivity index (χ1) is 19.1. The minimum Gasteiger partial charge on any atom is -0.495 e. The molecule has 0 radical (unpaired) electrons. The van der Waals surface area contributed by atoms with Crippen LogP contribution in [0.15, 0.2) is 65.8 Å². The molecular weight excluding hydrogens is 501 g/mol. The lowest BCUT2D eigenvalue weighted by atomic mass is 10.1. The van der Waals surface area contributed by atoms with Gasteiger partial charge in [-0.15, -0.1) is 0 Å². The third-order valence-corrected chi connectivity index (χ3v) is 6.87. The Hall–Kier alpha value is -4.35. The fourth-order valence-electron chi connectivity index (χ4n) is 4.88. The van der Waals surface area contributed by atoms with Crippen LogP contribution in [-0.4, -0.2) is 69.2 Å². The van der Waals surface area contributed by atoms with E-state index in [1.54, 1.807) is 31.6 Å². The maximum absolute atomic E-state index is 14.3. The second kappa shape index (κ2) is 10.8. The summed E-state index contributed by atoms with van der Waals surface area (Å²) in [4.78, 5) is 23.8. The Morgan fingerprint density at radius 2 is 1.97 bits per heavy atom. The second-order valence-corrected chi connectivity index (χ2v) is 9.36. The molecule has 0 atom stereocenters. The van der Waals surface area contributed by atoms with Crippen molar-refractivity contribution in [3.8, 4) is 11.6 Å². The number of morpholine rings is 1. The zero-order valence-electron chi connectivity index (χ0n) is 21.5. The fourth-order valence-corrected chi connectivity index (χ4v) is 4.88. The smallest absolute Gasteiger partial charge is 0.266 e. The summed E-state index contributed by atoms with van der Waals surface area (Å²) in [6.45, 7) is 4.58. The first kappa shape index (κ1) is 25.0. The summed E-state index contributed by atoms with van der Waals surface area (Å²) < 4.78 is 28.3. The summed E-state index contributed by atoms with van der Waals surface area (Å²) in [7, 11) is 1.59. The van der Waals surface area contributed by atoms with Gasteiger partial charge < -0.3 is 14.8 Å². The van der Waals surface area contributed by atoms with Crippen molar-refractivity contribution in [3.63, 3.8) is 0 Å². The molecule has 5 aromatic rings. The molecule has 0 aliphatic carbocycles. The molecule has 0 amide bonds. The van der Waals surface area contributed by atoms with Gasteiger partial charge in [0.2, 0.25) is 0 Å². The van der Waals surface area contributed by atoms with E-state index in [1.165, 1.54) is 22.9 Å². The van der Waals surface area contributed by atoms with E-state index >= 15 is 0 Å². The Bertz CT molecular complexity index is 1690. The highest BCUT2D eigenvalue weighted by Gasteiger charge is 2.17. The van der Waals surface area contributed by atoms with Crippen LogP contribution in [0, 0.1) is 5.82 Å². The minimum absolute atomic E-state index is 0.223. The molecular formula is C28H28FN7O3. The summed E-state index contributed by atoms with van der Waals surface area (Å²) in [5, 5.41) is 8.91. The summed E-state index contributed by atoms with van der Waals surface area (Å²) in [6, 6.07) is 11.6. The highest BCUT2D eigenvalue weighted by Crippen LogP contribution is 2.27. The Kier molecular flexibility index (Phi) is 6.91. The summed E-state index contributed by atoms with van der Waals surface area (Å²) in [6.07, 6.45) is 5.32. The van der Waals surface area contributed by atoms with Gasteiger partial charge in [0.1, 0.15) is 17.1 Å². The number of nitrogens with one attached hydrogen (secondary N) is 1. The molecule has 11 heteroatoms. The lowest BCUT2D eigenvalue weighted by Gasteiger charge is -2.26. The predicted molar refractivity (Wildman–Crippen MR) is 146 cm³/mol. The number of anilines is 1. The zero-order valence-corrected chi connectivity index (χ0v) is 21.5. The van der Waals surface area contributed by atoms with E-state index in [0.717, 1.165) is 36.3 Å². The SMILES string of the molecule is COc1cnc2c(NCCn3nc(-n4cc(CN5CCOCC5)c5ccc(F)cc54)ccc3=O)ccnc2c1. The van der Waals surface area contributed by atoms with Gasteiger partial charge in [-0.2, -0.15) is 5.10 Å². The number of hydrogen-bond acceptors (Lipinski definition) is 8. The van der Waals surface area contributed by atoms with Crippen LogP contribution < -0.4 is 15.6 Å². The Morgan fingerprint density at radius 1 is 1.10 bits per heavy atom. The van der Waals surface area contributed by atoms with Crippen LogP contribution in [0.2, 0.25) is 0 Å². The van der Waals surface area contributed by atoms with Gasteiger partial charge in [-0.05, 0) is 35.9 Å². The minimum atomic E-state index is -0.326. The first-order valence-corrected chi connectivity index (χ1v) is 12.8. The van der Waals surface area contributed by atoms with Gasteiger partial charge in [-0.3, -0.25) is 19.2 Å². The van der Waals surface area contributed by atoms with E-state index in [-0.39, 0.29) is 11.4 Å². The monoisotopic (exact) mass is 529 g/mol. The molecule has 1 fully saturated rings. The van der Waals surface area contributed by atoms with Gasteiger partial charge in [0, 0.05) is 56.1 Å². The molecule has 1 aromatic carbocycles. The average molecular weight is 530 g/mol. The van der Waals surface area contributed by atoms with E-state index in [0.29, 0.717) is 54.4 Å². The maximum atomic E-state index is 14.3. The molecule has 0 saturated carbocycles. The first-order valence-electron chi connectivity index (χ1n) is 12.8. The number of rotatable bonds is 8. The van der Waals surface area contributed by atoms with Crippen LogP contribution >= 0.6 is 0 Å². The van der Waals surface area contributed by atoms with Crippen molar-refractivity contribution >= 4 is 27.6 Å². The van der Waals surface area contributed by atoms with E-state index in [1.807, 2.05) is 22.9 Å². The van der Waals surface area contributed by atoms with Gasteiger partial charge >= 0.3 is 0 Å². The second-order valence-electron chi connectivity index (χ2n) is 9.36. The quantitative estimate of drug-likeness (QED) is 0.327. The molecule has 10 nitrogen and oxygen atoms in total. The van der Waals surface area contributed by atoms with Crippen molar-refractivity contribution in [2.24, 2.45) is 0 Å². The molecule has 1 saturated heterocycles. The highest BCUT2D eigenvalue weighted by atomic mass is 19.1. The fraction of sp³-hybridized carbons (Fsp3) is 0.286. The summed E-state index contributed by atoms with van der Waals surface area (Å²) in [5.41, 5.74) is 3.77. The van der Waals surface area contributed by atoms with Crippen molar-refractivity contribution in [1.82, 2.24) is 29.2 Å². The molecule has 0 spiro atoms. The van der Waals surface area contributed by atoms with E-state index in [4.69, 9.17) is 9.47 Å². The van der Waals surface area contributed by atoms with Crippen LogP contribution in [0.5, 0.6) is 5.75 Å². The number of pyridine rings is 2.